The number of aliphatic hydroxyl groups excluding tert-OH is 1. The Labute approximate surface area is 82.4 Å². The van der Waals surface area contributed by atoms with E-state index in [1.54, 1.807) is 0 Å². The lowest BCUT2D eigenvalue weighted by atomic mass is 10.3. The molecule has 6 nitrogen and oxygen atoms in total. The zero-order chi connectivity index (χ0) is 10.8. The minimum atomic E-state index is -0.489. The largest absolute Gasteiger partial charge is 0.394 e. The van der Waals surface area contributed by atoms with E-state index < -0.39 is 5.91 Å². The van der Waals surface area contributed by atoms with Gasteiger partial charge in [0.2, 0.25) is 11.8 Å². The fourth-order valence-corrected chi connectivity index (χ4v) is 0.754. The van der Waals surface area contributed by atoms with E-state index in [1.807, 2.05) is 0 Å². The van der Waals surface area contributed by atoms with E-state index in [-0.39, 0.29) is 32.0 Å². The molecule has 0 aromatic rings. The van der Waals surface area contributed by atoms with E-state index in [0.717, 1.165) is 0 Å². The number of carbonyl (C=O) groups excluding carboxylic acids is 2. The first-order valence-corrected chi connectivity index (χ1v) is 4.40. The molecule has 0 aliphatic carbocycles. The fraction of sp³-hybridized carbons (Fsp3) is 0.750. The maximum absolute atomic E-state index is 11.0. The summed E-state index contributed by atoms with van der Waals surface area (Å²) in [4.78, 5) is 21.3. The first-order chi connectivity index (χ1) is 6.66. The zero-order valence-corrected chi connectivity index (χ0v) is 7.99. The molecule has 0 heterocycles. The monoisotopic (exact) mass is 204 g/mol. The van der Waals surface area contributed by atoms with Crippen molar-refractivity contribution in [3.8, 4) is 0 Å². The van der Waals surface area contributed by atoms with E-state index in [1.165, 1.54) is 0 Å². The number of carbonyl (C=O) groups is 2. The van der Waals surface area contributed by atoms with Gasteiger partial charge in [0.25, 0.3) is 0 Å². The van der Waals surface area contributed by atoms with Crippen molar-refractivity contribution in [2.45, 2.75) is 12.8 Å². The Hall–Kier alpha value is -1.14. The lowest BCUT2D eigenvalue weighted by molar-refractivity contribution is -0.125. The van der Waals surface area contributed by atoms with Crippen LogP contribution < -0.4 is 11.1 Å². The predicted octanol–water partition coefficient (Wildman–Crippen LogP) is -1.62. The summed E-state index contributed by atoms with van der Waals surface area (Å²) < 4.78 is 4.90. The first-order valence-electron chi connectivity index (χ1n) is 4.40. The summed E-state index contributed by atoms with van der Waals surface area (Å²) in [6.45, 7) is 0.952. The van der Waals surface area contributed by atoms with Gasteiger partial charge in [0.15, 0.2) is 0 Å². The van der Waals surface area contributed by atoms with Crippen LogP contribution in [0.3, 0.4) is 0 Å². The van der Waals surface area contributed by atoms with Crippen LogP contribution in [0.2, 0.25) is 0 Å². The Morgan fingerprint density at radius 3 is 2.57 bits per heavy atom. The highest BCUT2D eigenvalue weighted by atomic mass is 16.5. The van der Waals surface area contributed by atoms with E-state index in [0.29, 0.717) is 13.2 Å². The molecule has 0 aromatic heterocycles. The second-order valence-electron chi connectivity index (χ2n) is 2.65. The summed E-state index contributed by atoms with van der Waals surface area (Å²) in [5.41, 5.74) is 4.86. The Kier molecular flexibility index (Phi) is 7.77. The van der Waals surface area contributed by atoms with Gasteiger partial charge in [0.1, 0.15) is 0 Å². The smallest absolute Gasteiger partial charge is 0.220 e. The third-order valence-electron chi connectivity index (χ3n) is 1.40. The number of amides is 2. The molecule has 6 heteroatoms. The molecule has 0 fully saturated rings. The minimum Gasteiger partial charge on any atom is -0.394 e. The van der Waals surface area contributed by atoms with Crippen LogP contribution in [0.5, 0.6) is 0 Å². The normalized spacial score (nSPS) is 9.79. The van der Waals surface area contributed by atoms with Crippen LogP contribution >= 0.6 is 0 Å². The SMILES string of the molecule is NC(=O)CCC(=O)NCCOCCO. The van der Waals surface area contributed by atoms with Gasteiger partial charge in [-0.15, -0.1) is 0 Å². The summed E-state index contributed by atoms with van der Waals surface area (Å²) >= 11 is 0. The minimum absolute atomic E-state index is 0.0321. The molecule has 0 aliphatic heterocycles. The van der Waals surface area contributed by atoms with Crippen LogP contribution in [0.1, 0.15) is 12.8 Å². The molecule has 0 atom stereocenters. The molecule has 0 aromatic carbocycles. The van der Waals surface area contributed by atoms with Crippen LogP contribution in [-0.4, -0.2) is 43.3 Å². The van der Waals surface area contributed by atoms with E-state index in [9.17, 15) is 9.59 Å². The predicted molar refractivity (Wildman–Crippen MR) is 49.3 cm³/mol. The summed E-state index contributed by atoms with van der Waals surface area (Å²) in [5, 5.41) is 10.9. The number of primary amides is 1. The van der Waals surface area contributed by atoms with Gasteiger partial charge in [-0.3, -0.25) is 9.59 Å². The van der Waals surface area contributed by atoms with E-state index in [4.69, 9.17) is 15.6 Å². The van der Waals surface area contributed by atoms with Gasteiger partial charge >= 0.3 is 0 Å². The van der Waals surface area contributed by atoms with Crippen molar-refractivity contribution in [1.29, 1.82) is 0 Å². The average molecular weight is 204 g/mol. The molecule has 4 N–H and O–H groups in total. The fourth-order valence-electron chi connectivity index (χ4n) is 0.754. The summed E-state index contributed by atoms with van der Waals surface area (Å²) in [7, 11) is 0. The molecule has 2 amide bonds. The summed E-state index contributed by atoms with van der Waals surface area (Å²) in [5.74, 6) is -0.715. The molecular weight excluding hydrogens is 188 g/mol. The van der Waals surface area contributed by atoms with Gasteiger partial charge in [0.05, 0.1) is 19.8 Å². The van der Waals surface area contributed by atoms with Gasteiger partial charge in [-0.25, -0.2) is 0 Å². The lowest BCUT2D eigenvalue weighted by Crippen LogP contribution is -2.28. The van der Waals surface area contributed by atoms with Gasteiger partial charge in [-0.05, 0) is 0 Å². The zero-order valence-electron chi connectivity index (χ0n) is 7.99. The van der Waals surface area contributed by atoms with Crippen LogP contribution in [-0.2, 0) is 14.3 Å². The van der Waals surface area contributed by atoms with Crippen LogP contribution in [0.25, 0.3) is 0 Å². The summed E-state index contributed by atoms with van der Waals surface area (Å²) in [6.07, 6.45) is 0.165. The number of hydrogen-bond acceptors (Lipinski definition) is 4. The highest BCUT2D eigenvalue weighted by Crippen LogP contribution is 1.86. The third kappa shape index (κ3) is 8.95. The Morgan fingerprint density at radius 2 is 2.00 bits per heavy atom. The molecule has 14 heavy (non-hydrogen) atoms. The number of ether oxygens (including phenoxy) is 1. The molecule has 0 radical (unpaired) electrons. The first kappa shape index (κ1) is 12.9. The maximum atomic E-state index is 11.0. The van der Waals surface area contributed by atoms with Crippen molar-refractivity contribution in [3.05, 3.63) is 0 Å². The molecule has 0 bridgehead atoms. The van der Waals surface area contributed by atoms with Gasteiger partial charge in [0, 0.05) is 19.4 Å². The Bertz CT molecular complexity index is 184. The molecule has 82 valence electrons. The second-order valence-corrected chi connectivity index (χ2v) is 2.65. The number of aliphatic hydroxyl groups is 1. The van der Waals surface area contributed by atoms with Crippen molar-refractivity contribution in [2.75, 3.05) is 26.4 Å². The van der Waals surface area contributed by atoms with E-state index >= 15 is 0 Å². The summed E-state index contributed by atoms with van der Waals surface area (Å²) in [6, 6.07) is 0. The second kappa shape index (κ2) is 8.46. The van der Waals surface area contributed by atoms with Crippen molar-refractivity contribution >= 4 is 11.8 Å². The van der Waals surface area contributed by atoms with Crippen molar-refractivity contribution in [3.63, 3.8) is 0 Å². The molecule has 0 aliphatic rings. The van der Waals surface area contributed by atoms with Gasteiger partial charge < -0.3 is 20.9 Å². The average Bonchev–Trinajstić information content (AvgIpc) is 2.14. The number of nitrogens with two attached hydrogens (primary N) is 1. The Morgan fingerprint density at radius 1 is 1.29 bits per heavy atom. The maximum Gasteiger partial charge on any atom is 0.220 e. The van der Waals surface area contributed by atoms with Crippen molar-refractivity contribution in [2.24, 2.45) is 5.73 Å². The molecule has 0 saturated heterocycles. The number of hydrogen-bond donors (Lipinski definition) is 3. The molecule has 0 rings (SSSR count). The van der Waals surface area contributed by atoms with Crippen LogP contribution in [0, 0.1) is 0 Å². The van der Waals surface area contributed by atoms with Crippen LogP contribution in [0.4, 0.5) is 0 Å². The van der Waals surface area contributed by atoms with Crippen molar-refractivity contribution < 1.29 is 19.4 Å². The molecule has 0 unspecified atom stereocenters. The standard InChI is InChI=1S/C8H16N2O4/c9-7(12)1-2-8(13)10-3-5-14-6-4-11/h11H,1-6H2,(H2,9,12)(H,10,13). The molecule has 0 spiro atoms. The molecular formula is C8H16N2O4. The third-order valence-corrected chi connectivity index (χ3v) is 1.40. The topological polar surface area (TPSA) is 102 Å². The van der Waals surface area contributed by atoms with Crippen molar-refractivity contribution in [1.82, 2.24) is 5.32 Å². The molecule has 0 saturated carbocycles. The van der Waals surface area contributed by atoms with Crippen LogP contribution in [0.15, 0.2) is 0 Å². The number of rotatable bonds is 8. The lowest BCUT2D eigenvalue weighted by Gasteiger charge is -2.04. The highest BCUT2D eigenvalue weighted by molar-refractivity contribution is 5.82. The highest BCUT2D eigenvalue weighted by Gasteiger charge is 2.02. The quantitative estimate of drug-likeness (QED) is 0.413. The van der Waals surface area contributed by atoms with Gasteiger partial charge in [-0.2, -0.15) is 0 Å². The number of nitrogens with one attached hydrogen (secondary N) is 1. The van der Waals surface area contributed by atoms with E-state index in [2.05, 4.69) is 5.32 Å². The van der Waals surface area contributed by atoms with Gasteiger partial charge in [-0.1, -0.05) is 0 Å². The Balaban J connectivity index is 3.22.